The molecular weight excluding hydrogens is 322 g/mol. The highest BCUT2D eigenvalue weighted by Gasteiger charge is 2.30. The molecule has 2 atom stereocenters. The Morgan fingerprint density at radius 2 is 1.80 bits per heavy atom. The number of carbonyl (C=O) groups excluding carboxylic acids is 2. The minimum atomic E-state index is -1.03. The third kappa shape index (κ3) is 5.82. The number of esters is 1. The van der Waals surface area contributed by atoms with Crippen LogP contribution in [0.2, 0.25) is 0 Å². The van der Waals surface area contributed by atoms with Crippen LogP contribution >= 0.6 is 0 Å². The number of carbonyl (C=O) groups is 2. The molecule has 1 N–H and O–H groups in total. The molecule has 1 rings (SSSR count). The van der Waals surface area contributed by atoms with Gasteiger partial charge in [-0.3, -0.25) is 4.79 Å². The molecule has 7 nitrogen and oxygen atoms in total. The van der Waals surface area contributed by atoms with E-state index < -0.39 is 30.1 Å². The average Bonchev–Trinajstić information content (AvgIpc) is 2.59. The van der Waals surface area contributed by atoms with Gasteiger partial charge in [0.25, 0.3) is 5.91 Å². The molecule has 0 heterocycles. The SMILES string of the molecule is CC(C)[C@@](C)(C#N)NC(=O)COC(=O)[C@@H](C)Oc1ccc(C#N)cc1. The maximum absolute atomic E-state index is 11.9. The van der Waals surface area contributed by atoms with E-state index in [9.17, 15) is 9.59 Å². The Balaban J connectivity index is 2.51. The van der Waals surface area contributed by atoms with Gasteiger partial charge in [0, 0.05) is 0 Å². The maximum Gasteiger partial charge on any atom is 0.347 e. The van der Waals surface area contributed by atoms with E-state index in [4.69, 9.17) is 20.0 Å². The smallest absolute Gasteiger partial charge is 0.347 e. The molecule has 0 spiro atoms. The molecule has 0 aliphatic heterocycles. The van der Waals surface area contributed by atoms with Crippen molar-refractivity contribution in [1.82, 2.24) is 5.32 Å². The number of nitriles is 2. The maximum atomic E-state index is 11.9. The van der Waals surface area contributed by atoms with Gasteiger partial charge in [-0.2, -0.15) is 10.5 Å². The van der Waals surface area contributed by atoms with Gasteiger partial charge in [-0.25, -0.2) is 4.79 Å². The molecule has 1 amide bonds. The van der Waals surface area contributed by atoms with Crippen molar-refractivity contribution >= 4 is 11.9 Å². The molecule has 0 aliphatic rings. The van der Waals surface area contributed by atoms with Gasteiger partial charge in [-0.05, 0) is 44.0 Å². The zero-order valence-corrected chi connectivity index (χ0v) is 14.7. The van der Waals surface area contributed by atoms with Gasteiger partial charge in [-0.1, -0.05) is 13.8 Å². The zero-order valence-electron chi connectivity index (χ0n) is 14.7. The fourth-order valence-corrected chi connectivity index (χ4v) is 1.74. The van der Waals surface area contributed by atoms with Crippen molar-refractivity contribution in [3.05, 3.63) is 29.8 Å². The van der Waals surface area contributed by atoms with Gasteiger partial charge < -0.3 is 14.8 Å². The molecule has 0 radical (unpaired) electrons. The summed E-state index contributed by atoms with van der Waals surface area (Å²) in [7, 11) is 0. The van der Waals surface area contributed by atoms with Crippen LogP contribution in [0, 0.1) is 28.6 Å². The fraction of sp³-hybridized carbons (Fsp3) is 0.444. The molecule has 0 bridgehead atoms. The first-order valence-electron chi connectivity index (χ1n) is 7.77. The summed E-state index contributed by atoms with van der Waals surface area (Å²) < 4.78 is 10.3. The standard InChI is InChI=1S/C18H21N3O4/c1-12(2)18(4,11-20)21-16(22)10-24-17(23)13(3)25-15-7-5-14(9-19)6-8-15/h5-8,12-13H,10H2,1-4H3,(H,21,22)/t13-,18-/m1/s1. The van der Waals surface area contributed by atoms with E-state index in [1.165, 1.54) is 6.92 Å². The molecule has 0 saturated heterocycles. The average molecular weight is 343 g/mol. The topological polar surface area (TPSA) is 112 Å². The predicted octanol–water partition coefficient (Wildman–Crippen LogP) is 1.92. The monoisotopic (exact) mass is 343 g/mol. The van der Waals surface area contributed by atoms with Crippen LogP contribution < -0.4 is 10.1 Å². The van der Waals surface area contributed by atoms with Crippen LogP contribution in [0.1, 0.15) is 33.3 Å². The summed E-state index contributed by atoms with van der Waals surface area (Å²) in [5.74, 6) is -0.958. The number of rotatable bonds is 7. The van der Waals surface area contributed by atoms with Crippen LogP contribution in [0.25, 0.3) is 0 Å². The number of hydrogen-bond donors (Lipinski definition) is 1. The van der Waals surface area contributed by atoms with Crippen molar-refractivity contribution in [2.45, 2.75) is 39.3 Å². The summed E-state index contributed by atoms with van der Waals surface area (Å²) in [5, 5.41) is 20.4. The molecular formula is C18H21N3O4. The Bertz CT molecular complexity index is 701. The number of hydrogen-bond acceptors (Lipinski definition) is 6. The molecule has 132 valence electrons. The lowest BCUT2D eigenvalue weighted by molar-refractivity contribution is -0.155. The van der Waals surface area contributed by atoms with Crippen molar-refractivity contribution in [1.29, 1.82) is 10.5 Å². The number of nitrogens with one attached hydrogen (secondary N) is 1. The summed E-state index contributed by atoms with van der Waals surface area (Å²) in [6, 6.07) is 10.3. The third-order valence-electron chi connectivity index (χ3n) is 3.76. The quantitative estimate of drug-likeness (QED) is 0.757. The van der Waals surface area contributed by atoms with Gasteiger partial charge in [0.05, 0.1) is 17.7 Å². The summed E-state index contributed by atoms with van der Waals surface area (Å²) in [6.45, 7) is 6.22. The van der Waals surface area contributed by atoms with E-state index in [0.717, 1.165) is 0 Å². The Hall–Kier alpha value is -3.06. The van der Waals surface area contributed by atoms with Crippen LogP contribution in [-0.4, -0.2) is 30.1 Å². The molecule has 0 aliphatic carbocycles. The fourth-order valence-electron chi connectivity index (χ4n) is 1.74. The Morgan fingerprint density at radius 1 is 1.20 bits per heavy atom. The van der Waals surface area contributed by atoms with Gasteiger partial charge in [0.1, 0.15) is 11.3 Å². The van der Waals surface area contributed by atoms with Gasteiger partial charge in [0.15, 0.2) is 12.7 Å². The molecule has 0 saturated carbocycles. The highest BCUT2D eigenvalue weighted by Crippen LogP contribution is 2.15. The first kappa shape index (κ1) is 20.0. The normalized spacial score (nSPS) is 13.7. The molecule has 25 heavy (non-hydrogen) atoms. The van der Waals surface area contributed by atoms with Crippen LogP contribution in [0.5, 0.6) is 5.75 Å². The van der Waals surface area contributed by atoms with E-state index in [2.05, 4.69) is 5.32 Å². The second kappa shape index (κ2) is 8.70. The first-order chi connectivity index (χ1) is 11.7. The lowest BCUT2D eigenvalue weighted by atomic mass is 9.90. The Morgan fingerprint density at radius 3 is 2.28 bits per heavy atom. The number of amides is 1. The first-order valence-corrected chi connectivity index (χ1v) is 7.77. The lowest BCUT2D eigenvalue weighted by Gasteiger charge is -2.27. The Kier molecular flexibility index (Phi) is 6.95. The summed E-state index contributed by atoms with van der Waals surface area (Å²) >= 11 is 0. The van der Waals surface area contributed by atoms with Crippen LogP contribution in [0.4, 0.5) is 0 Å². The van der Waals surface area contributed by atoms with Gasteiger partial charge in [0.2, 0.25) is 0 Å². The van der Waals surface area contributed by atoms with E-state index in [-0.39, 0.29) is 5.92 Å². The van der Waals surface area contributed by atoms with Crippen molar-refractivity contribution in [2.75, 3.05) is 6.61 Å². The lowest BCUT2D eigenvalue weighted by Crippen LogP contribution is -2.50. The summed E-state index contributed by atoms with van der Waals surface area (Å²) in [6.07, 6.45) is -0.923. The molecule has 7 heteroatoms. The zero-order chi connectivity index (χ0) is 19.0. The Labute approximate surface area is 147 Å². The molecule has 0 aromatic heterocycles. The molecule has 0 unspecified atom stereocenters. The van der Waals surface area contributed by atoms with Crippen molar-refractivity contribution < 1.29 is 19.1 Å². The van der Waals surface area contributed by atoms with Crippen LogP contribution in [0.15, 0.2) is 24.3 Å². The van der Waals surface area contributed by atoms with Crippen LogP contribution in [-0.2, 0) is 14.3 Å². The van der Waals surface area contributed by atoms with E-state index in [0.29, 0.717) is 11.3 Å². The third-order valence-corrected chi connectivity index (χ3v) is 3.76. The van der Waals surface area contributed by atoms with Crippen molar-refractivity contribution in [3.63, 3.8) is 0 Å². The molecule has 1 aromatic rings. The van der Waals surface area contributed by atoms with E-state index >= 15 is 0 Å². The second-order valence-electron chi connectivity index (χ2n) is 6.02. The highest BCUT2D eigenvalue weighted by atomic mass is 16.6. The second-order valence-corrected chi connectivity index (χ2v) is 6.02. The van der Waals surface area contributed by atoms with Crippen molar-refractivity contribution in [3.8, 4) is 17.9 Å². The number of nitrogens with zero attached hydrogens (tertiary/aromatic N) is 2. The minimum Gasteiger partial charge on any atom is -0.479 e. The highest BCUT2D eigenvalue weighted by molar-refractivity contribution is 5.82. The number of ether oxygens (including phenoxy) is 2. The minimum absolute atomic E-state index is 0.101. The number of benzene rings is 1. The molecule has 0 fully saturated rings. The predicted molar refractivity (Wildman–Crippen MR) is 89.2 cm³/mol. The molecule has 1 aromatic carbocycles. The van der Waals surface area contributed by atoms with E-state index in [1.807, 2.05) is 26.0 Å². The summed E-state index contributed by atoms with van der Waals surface area (Å²) in [5.41, 5.74) is -0.557. The van der Waals surface area contributed by atoms with Crippen LogP contribution in [0.3, 0.4) is 0 Å². The van der Waals surface area contributed by atoms with E-state index in [1.54, 1.807) is 31.2 Å². The van der Waals surface area contributed by atoms with Gasteiger partial charge >= 0.3 is 5.97 Å². The largest absolute Gasteiger partial charge is 0.479 e. The van der Waals surface area contributed by atoms with Crippen molar-refractivity contribution in [2.24, 2.45) is 5.92 Å². The summed E-state index contributed by atoms with van der Waals surface area (Å²) in [4.78, 5) is 23.8. The van der Waals surface area contributed by atoms with Gasteiger partial charge in [-0.15, -0.1) is 0 Å².